The molecule has 0 aliphatic heterocycles. The van der Waals surface area contributed by atoms with Crippen LogP contribution in [0.1, 0.15) is 43.5 Å². The Morgan fingerprint density at radius 2 is 1.31 bits per heavy atom. The zero-order valence-electron chi connectivity index (χ0n) is 19.6. The van der Waals surface area contributed by atoms with Gasteiger partial charge in [0.05, 0.1) is 17.0 Å². The molecule has 1 atom stereocenters. The Kier molecular flexibility index (Phi) is 7.73. The Bertz CT molecular complexity index is 1450. The van der Waals surface area contributed by atoms with E-state index in [9.17, 15) is 18.0 Å². The van der Waals surface area contributed by atoms with Crippen LogP contribution in [-0.4, -0.2) is 26.7 Å². The van der Waals surface area contributed by atoms with Crippen LogP contribution in [-0.2, 0) is 14.8 Å². The second-order valence-electron chi connectivity index (χ2n) is 8.21. The van der Waals surface area contributed by atoms with Crippen molar-refractivity contribution < 1.29 is 22.7 Å². The van der Waals surface area contributed by atoms with Crippen LogP contribution < -0.4 is 4.72 Å². The van der Waals surface area contributed by atoms with E-state index in [-0.39, 0.29) is 28.4 Å². The Hall–Kier alpha value is -4.07. The van der Waals surface area contributed by atoms with Crippen molar-refractivity contribution in [3.05, 3.63) is 137 Å². The van der Waals surface area contributed by atoms with E-state index in [2.05, 4.69) is 4.72 Å². The fraction of sp³-hybridized carbons (Fsp3) is 0.103. The molecule has 4 aromatic carbocycles. The smallest absolute Gasteiger partial charge is 0.339 e. The van der Waals surface area contributed by atoms with Crippen LogP contribution in [0.4, 0.5) is 0 Å². The summed E-state index contributed by atoms with van der Waals surface area (Å²) in [6.45, 7) is 1.75. The van der Waals surface area contributed by atoms with Crippen molar-refractivity contribution in [2.24, 2.45) is 0 Å². The zero-order valence-corrected chi connectivity index (χ0v) is 20.4. The van der Waals surface area contributed by atoms with Crippen molar-refractivity contribution in [3.8, 4) is 0 Å². The summed E-state index contributed by atoms with van der Waals surface area (Å²) in [5.41, 5.74) is 2.40. The van der Waals surface area contributed by atoms with Crippen molar-refractivity contribution in [2.45, 2.75) is 17.9 Å². The quantitative estimate of drug-likeness (QED) is 0.256. The highest BCUT2D eigenvalue weighted by Gasteiger charge is 2.25. The van der Waals surface area contributed by atoms with Gasteiger partial charge in [-0.3, -0.25) is 4.79 Å². The van der Waals surface area contributed by atoms with Gasteiger partial charge in [-0.05, 0) is 30.7 Å². The number of hydrogen-bond acceptors (Lipinski definition) is 5. The van der Waals surface area contributed by atoms with Gasteiger partial charge in [-0.2, -0.15) is 0 Å². The first-order chi connectivity index (χ1) is 17.3. The predicted molar refractivity (Wildman–Crippen MR) is 137 cm³/mol. The van der Waals surface area contributed by atoms with Crippen LogP contribution in [0.2, 0.25) is 0 Å². The van der Waals surface area contributed by atoms with Crippen molar-refractivity contribution in [2.75, 3.05) is 6.54 Å². The van der Waals surface area contributed by atoms with Crippen LogP contribution in [0, 0.1) is 6.92 Å². The molecule has 0 heterocycles. The molecule has 0 aliphatic rings. The minimum absolute atomic E-state index is 0.106. The number of carbonyl (C=O) groups is 2. The number of esters is 1. The molecule has 0 aromatic heterocycles. The van der Waals surface area contributed by atoms with Gasteiger partial charge in [0.15, 0.2) is 5.78 Å². The minimum atomic E-state index is -3.82. The summed E-state index contributed by atoms with van der Waals surface area (Å²) in [5, 5.41) is 0. The maximum absolute atomic E-state index is 13.3. The first kappa shape index (κ1) is 25.0. The van der Waals surface area contributed by atoms with Gasteiger partial charge < -0.3 is 4.74 Å². The van der Waals surface area contributed by atoms with Crippen molar-refractivity contribution in [3.63, 3.8) is 0 Å². The number of nitrogens with one attached hydrogen (secondary N) is 1. The average molecular weight is 500 g/mol. The summed E-state index contributed by atoms with van der Waals surface area (Å²) in [6.07, 6.45) is -0.917. The Morgan fingerprint density at radius 3 is 1.94 bits per heavy atom. The second-order valence-corrected chi connectivity index (χ2v) is 9.98. The van der Waals surface area contributed by atoms with Gasteiger partial charge in [0.1, 0.15) is 6.10 Å². The van der Waals surface area contributed by atoms with Crippen molar-refractivity contribution in [1.82, 2.24) is 4.72 Å². The minimum Gasteiger partial charge on any atom is -0.452 e. The van der Waals surface area contributed by atoms with E-state index in [1.54, 1.807) is 72.8 Å². The molecular formula is C29H25NO5S. The highest BCUT2D eigenvalue weighted by Crippen LogP contribution is 2.22. The van der Waals surface area contributed by atoms with E-state index in [0.717, 1.165) is 5.56 Å². The Balaban J connectivity index is 1.59. The fourth-order valence-electron chi connectivity index (χ4n) is 3.68. The SMILES string of the molecule is Cc1ccc(C(=O)c2ccccc2C(=O)O[C@@H](CNS(=O)(=O)c2ccccc2)c2ccccc2)cc1. The summed E-state index contributed by atoms with van der Waals surface area (Å²) in [4.78, 5) is 26.5. The summed E-state index contributed by atoms with van der Waals surface area (Å²) in [5.74, 6) is -1.03. The van der Waals surface area contributed by atoms with Crippen LogP contribution in [0.25, 0.3) is 0 Å². The lowest BCUT2D eigenvalue weighted by atomic mass is 9.97. The molecule has 4 aromatic rings. The van der Waals surface area contributed by atoms with Crippen molar-refractivity contribution >= 4 is 21.8 Å². The topological polar surface area (TPSA) is 89.5 Å². The molecule has 1 N–H and O–H groups in total. The lowest BCUT2D eigenvalue weighted by Gasteiger charge is -2.20. The Labute approximate surface area is 210 Å². The molecule has 0 bridgehead atoms. The third kappa shape index (κ3) is 5.94. The molecule has 0 radical (unpaired) electrons. The van der Waals surface area contributed by atoms with Gasteiger partial charge in [0.25, 0.3) is 0 Å². The molecule has 0 saturated carbocycles. The van der Waals surface area contributed by atoms with Crippen LogP contribution in [0.15, 0.2) is 114 Å². The largest absolute Gasteiger partial charge is 0.452 e. The van der Waals surface area contributed by atoms with E-state index < -0.39 is 22.1 Å². The number of benzene rings is 4. The van der Waals surface area contributed by atoms with E-state index in [1.807, 2.05) is 25.1 Å². The van der Waals surface area contributed by atoms with Gasteiger partial charge in [-0.25, -0.2) is 17.9 Å². The number of sulfonamides is 1. The number of ether oxygens (including phenoxy) is 1. The molecule has 0 unspecified atom stereocenters. The molecule has 7 heteroatoms. The summed E-state index contributed by atoms with van der Waals surface area (Å²) in [6, 6.07) is 30.3. The average Bonchev–Trinajstić information content (AvgIpc) is 2.92. The molecule has 0 saturated heterocycles. The highest BCUT2D eigenvalue weighted by atomic mass is 32.2. The van der Waals surface area contributed by atoms with Gasteiger partial charge >= 0.3 is 5.97 Å². The molecule has 0 aliphatic carbocycles. The van der Waals surface area contributed by atoms with Crippen LogP contribution in [0.5, 0.6) is 0 Å². The molecule has 182 valence electrons. The maximum Gasteiger partial charge on any atom is 0.339 e. The third-order valence-electron chi connectivity index (χ3n) is 5.64. The number of rotatable bonds is 9. The highest BCUT2D eigenvalue weighted by molar-refractivity contribution is 7.89. The number of carbonyl (C=O) groups excluding carboxylic acids is 2. The van der Waals surface area contributed by atoms with E-state index in [1.165, 1.54) is 18.2 Å². The molecule has 0 amide bonds. The normalized spacial score (nSPS) is 12.0. The van der Waals surface area contributed by atoms with Gasteiger partial charge in [-0.15, -0.1) is 0 Å². The van der Waals surface area contributed by atoms with Gasteiger partial charge in [-0.1, -0.05) is 96.6 Å². The zero-order chi connectivity index (χ0) is 25.5. The van der Waals surface area contributed by atoms with Gasteiger partial charge in [0.2, 0.25) is 10.0 Å². The van der Waals surface area contributed by atoms with E-state index >= 15 is 0 Å². The lowest BCUT2D eigenvalue weighted by Crippen LogP contribution is -2.31. The standard InChI is InChI=1S/C29H25NO5S/c1-21-16-18-23(19-17-21)28(31)25-14-8-9-15-26(25)29(32)35-27(22-10-4-2-5-11-22)20-30-36(33,34)24-12-6-3-7-13-24/h2-19,27,30H,20H2,1H3/t27-/m0/s1. The van der Waals surface area contributed by atoms with Crippen LogP contribution in [0.3, 0.4) is 0 Å². The third-order valence-corrected chi connectivity index (χ3v) is 7.08. The van der Waals surface area contributed by atoms with Gasteiger partial charge in [0, 0.05) is 11.1 Å². The van der Waals surface area contributed by atoms with Crippen LogP contribution >= 0.6 is 0 Å². The lowest BCUT2D eigenvalue weighted by molar-refractivity contribution is 0.0306. The summed E-state index contributed by atoms with van der Waals surface area (Å²) < 4.78 is 33.8. The molecule has 0 spiro atoms. The number of ketones is 1. The number of aryl methyl sites for hydroxylation is 1. The maximum atomic E-state index is 13.3. The van der Waals surface area contributed by atoms with Crippen molar-refractivity contribution in [1.29, 1.82) is 0 Å². The first-order valence-electron chi connectivity index (χ1n) is 11.4. The summed E-state index contributed by atoms with van der Waals surface area (Å²) >= 11 is 0. The van der Waals surface area contributed by atoms with E-state index in [0.29, 0.717) is 11.1 Å². The monoisotopic (exact) mass is 499 g/mol. The molecule has 36 heavy (non-hydrogen) atoms. The Morgan fingerprint density at radius 1 is 0.750 bits per heavy atom. The summed E-state index contributed by atoms with van der Waals surface area (Å²) in [7, 11) is -3.82. The van der Waals surface area contributed by atoms with E-state index in [4.69, 9.17) is 4.74 Å². The fourth-order valence-corrected chi connectivity index (χ4v) is 4.73. The first-order valence-corrected chi connectivity index (χ1v) is 12.8. The molecule has 6 nitrogen and oxygen atoms in total. The predicted octanol–water partition coefficient (Wildman–Crippen LogP) is 5.10. The molecule has 4 rings (SSSR count). The number of hydrogen-bond donors (Lipinski definition) is 1. The second kappa shape index (κ2) is 11.1. The molecular weight excluding hydrogens is 474 g/mol. The molecule has 0 fully saturated rings.